The number of fused-ring (bicyclic) bond motifs is 1. The molecule has 7 nitrogen and oxygen atoms in total. The lowest BCUT2D eigenvalue weighted by Gasteiger charge is -2.39. The van der Waals surface area contributed by atoms with Crippen molar-refractivity contribution in [2.75, 3.05) is 19.7 Å². The number of carbonyl (C=O) groups excluding carboxylic acids is 1. The Balaban J connectivity index is 1.36. The lowest BCUT2D eigenvalue weighted by atomic mass is 10.0. The van der Waals surface area contributed by atoms with Gasteiger partial charge in [0.15, 0.2) is 5.76 Å². The minimum absolute atomic E-state index is 0.158. The number of aromatic nitrogens is 2. The highest BCUT2D eigenvalue weighted by molar-refractivity contribution is 5.91. The van der Waals surface area contributed by atoms with Crippen molar-refractivity contribution in [3.8, 4) is 0 Å². The van der Waals surface area contributed by atoms with Crippen molar-refractivity contribution in [2.45, 2.75) is 31.5 Å². The number of nitrogens with one attached hydrogen (secondary N) is 1. The molecule has 1 amide bonds. The van der Waals surface area contributed by atoms with Crippen LogP contribution in [-0.2, 0) is 18.3 Å². The van der Waals surface area contributed by atoms with E-state index < -0.39 is 0 Å². The maximum atomic E-state index is 12.1. The molecule has 3 heterocycles. The molecule has 3 atom stereocenters. The summed E-state index contributed by atoms with van der Waals surface area (Å²) in [6, 6.07) is 3.80. The SMILES string of the molecule is Cn1ccnc1CN1CCO[C@H]2[C@@H](CNC(=O)c3ccco3)CC[C@@H]21. The number of nitrogens with zero attached hydrogens (tertiary/aromatic N) is 3. The third kappa shape index (κ3) is 3.34. The molecule has 0 radical (unpaired) electrons. The van der Waals surface area contributed by atoms with Crippen LogP contribution in [0.25, 0.3) is 0 Å². The first-order valence-electron chi connectivity index (χ1n) is 8.86. The highest BCUT2D eigenvalue weighted by Gasteiger charge is 2.42. The molecule has 2 fully saturated rings. The van der Waals surface area contributed by atoms with Gasteiger partial charge in [-0.25, -0.2) is 4.98 Å². The number of rotatable bonds is 5. The zero-order valence-corrected chi connectivity index (χ0v) is 14.4. The predicted octanol–water partition coefficient (Wildman–Crippen LogP) is 1.42. The van der Waals surface area contributed by atoms with E-state index in [0.717, 1.165) is 38.4 Å². The van der Waals surface area contributed by atoms with Crippen molar-refractivity contribution >= 4 is 5.91 Å². The summed E-state index contributed by atoms with van der Waals surface area (Å²) in [4.78, 5) is 19.0. The molecule has 7 heteroatoms. The molecule has 25 heavy (non-hydrogen) atoms. The second-order valence-corrected chi connectivity index (χ2v) is 6.85. The van der Waals surface area contributed by atoms with E-state index in [0.29, 0.717) is 24.3 Å². The number of furan rings is 1. The fourth-order valence-electron chi connectivity index (χ4n) is 4.00. The maximum Gasteiger partial charge on any atom is 0.286 e. The summed E-state index contributed by atoms with van der Waals surface area (Å²) < 4.78 is 13.3. The molecule has 1 saturated heterocycles. The summed E-state index contributed by atoms with van der Waals surface area (Å²) >= 11 is 0. The van der Waals surface area contributed by atoms with Gasteiger partial charge < -0.3 is 19.0 Å². The van der Waals surface area contributed by atoms with Gasteiger partial charge in [-0.2, -0.15) is 0 Å². The molecular formula is C18H24N4O3. The van der Waals surface area contributed by atoms with Gasteiger partial charge in [0.1, 0.15) is 5.82 Å². The molecular weight excluding hydrogens is 320 g/mol. The number of carbonyl (C=O) groups is 1. The van der Waals surface area contributed by atoms with Gasteiger partial charge in [-0.05, 0) is 25.0 Å². The zero-order chi connectivity index (χ0) is 17.2. The second kappa shape index (κ2) is 7.01. The Morgan fingerprint density at radius 1 is 1.44 bits per heavy atom. The van der Waals surface area contributed by atoms with Crippen LogP contribution < -0.4 is 5.32 Å². The molecule has 2 aromatic heterocycles. The molecule has 1 saturated carbocycles. The standard InChI is InChI=1S/C18H24N4O3/c1-21-7-6-19-16(21)12-22-8-10-25-17-13(4-5-14(17)22)11-20-18(23)15-3-2-9-24-15/h2-3,6-7,9,13-14,17H,4-5,8,10-12H2,1H3,(H,20,23)/t13-,14+,17+/m1/s1. The molecule has 2 aliphatic rings. The van der Waals surface area contributed by atoms with Crippen LogP contribution in [0.1, 0.15) is 29.2 Å². The molecule has 0 unspecified atom stereocenters. The molecule has 1 aliphatic heterocycles. The summed E-state index contributed by atoms with van der Waals surface area (Å²) in [5.41, 5.74) is 0. The van der Waals surface area contributed by atoms with Crippen LogP contribution in [0, 0.1) is 5.92 Å². The molecule has 1 N–H and O–H groups in total. The summed E-state index contributed by atoms with van der Waals surface area (Å²) in [6.45, 7) is 3.13. The number of aryl methyl sites for hydroxylation is 1. The highest BCUT2D eigenvalue weighted by atomic mass is 16.5. The smallest absolute Gasteiger partial charge is 0.286 e. The molecule has 134 valence electrons. The first-order valence-corrected chi connectivity index (χ1v) is 8.86. The molecule has 2 aromatic rings. The number of hydrogen-bond acceptors (Lipinski definition) is 5. The van der Waals surface area contributed by atoms with Crippen LogP contribution in [0.2, 0.25) is 0 Å². The predicted molar refractivity (Wildman–Crippen MR) is 90.9 cm³/mol. The van der Waals surface area contributed by atoms with Crippen molar-refractivity contribution in [3.05, 3.63) is 42.4 Å². The lowest BCUT2D eigenvalue weighted by Crippen LogP contribution is -2.51. The zero-order valence-electron chi connectivity index (χ0n) is 14.4. The van der Waals surface area contributed by atoms with Crippen molar-refractivity contribution in [1.29, 1.82) is 0 Å². The summed E-state index contributed by atoms with van der Waals surface area (Å²) in [6.07, 6.45) is 7.66. The summed E-state index contributed by atoms with van der Waals surface area (Å²) in [5, 5.41) is 2.98. The Bertz CT molecular complexity index is 712. The number of hydrogen-bond donors (Lipinski definition) is 1. The largest absolute Gasteiger partial charge is 0.459 e. The fraction of sp³-hybridized carbons (Fsp3) is 0.556. The third-order valence-corrected chi connectivity index (χ3v) is 5.37. The number of morpholine rings is 1. The Labute approximate surface area is 147 Å². The first-order chi connectivity index (χ1) is 12.2. The van der Waals surface area contributed by atoms with E-state index in [4.69, 9.17) is 9.15 Å². The van der Waals surface area contributed by atoms with E-state index in [1.165, 1.54) is 6.26 Å². The second-order valence-electron chi connectivity index (χ2n) is 6.85. The average molecular weight is 344 g/mol. The van der Waals surface area contributed by atoms with Gasteiger partial charge in [0.05, 0.1) is 25.5 Å². The van der Waals surface area contributed by atoms with Gasteiger partial charge >= 0.3 is 0 Å². The summed E-state index contributed by atoms with van der Waals surface area (Å²) in [7, 11) is 2.03. The topological polar surface area (TPSA) is 72.5 Å². The van der Waals surface area contributed by atoms with Crippen LogP contribution >= 0.6 is 0 Å². The van der Waals surface area contributed by atoms with E-state index >= 15 is 0 Å². The van der Waals surface area contributed by atoms with Crippen molar-refractivity contribution in [2.24, 2.45) is 13.0 Å². The fourth-order valence-corrected chi connectivity index (χ4v) is 4.00. The van der Waals surface area contributed by atoms with Crippen LogP contribution in [0.4, 0.5) is 0 Å². The normalized spacial score (nSPS) is 26.5. The average Bonchev–Trinajstić information content (AvgIpc) is 3.35. The Morgan fingerprint density at radius 3 is 3.12 bits per heavy atom. The highest BCUT2D eigenvalue weighted by Crippen LogP contribution is 2.35. The maximum absolute atomic E-state index is 12.1. The van der Waals surface area contributed by atoms with E-state index in [9.17, 15) is 4.79 Å². The first kappa shape index (κ1) is 16.4. The van der Waals surface area contributed by atoms with Crippen molar-refractivity contribution in [3.63, 3.8) is 0 Å². The Kier molecular flexibility index (Phi) is 4.59. The van der Waals surface area contributed by atoms with E-state index in [2.05, 4.69) is 19.8 Å². The minimum atomic E-state index is -0.158. The summed E-state index contributed by atoms with van der Waals surface area (Å²) in [5.74, 6) is 1.62. The van der Waals surface area contributed by atoms with Crippen molar-refractivity contribution in [1.82, 2.24) is 19.8 Å². The van der Waals surface area contributed by atoms with E-state index in [1.54, 1.807) is 12.1 Å². The number of imidazole rings is 1. The van der Waals surface area contributed by atoms with Crippen LogP contribution in [-0.4, -0.2) is 52.2 Å². The monoisotopic (exact) mass is 344 g/mol. The van der Waals surface area contributed by atoms with Crippen molar-refractivity contribution < 1.29 is 13.9 Å². The van der Waals surface area contributed by atoms with Crippen LogP contribution in [0.15, 0.2) is 35.2 Å². The number of amides is 1. The Hall–Kier alpha value is -2.12. The van der Waals surface area contributed by atoms with E-state index in [-0.39, 0.29) is 12.0 Å². The van der Waals surface area contributed by atoms with Gasteiger partial charge in [-0.3, -0.25) is 9.69 Å². The third-order valence-electron chi connectivity index (χ3n) is 5.37. The molecule has 4 rings (SSSR count). The van der Waals surface area contributed by atoms with E-state index in [1.807, 2.05) is 19.4 Å². The van der Waals surface area contributed by atoms with Crippen LogP contribution in [0.3, 0.4) is 0 Å². The van der Waals surface area contributed by atoms with Gasteiger partial charge in [-0.15, -0.1) is 0 Å². The van der Waals surface area contributed by atoms with Gasteiger partial charge in [0.2, 0.25) is 0 Å². The Morgan fingerprint density at radius 2 is 2.36 bits per heavy atom. The van der Waals surface area contributed by atoms with Gasteiger partial charge in [0.25, 0.3) is 5.91 Å². The van der Waals surface area contributed by atoms with Crippen LogP contribution in [0.5, 0.6) is 0 Å². The minimum Gasteiger partial charge on any atom is -0.459 e. The number of ether oxygens (including phenoxy) is 1. The van der Waals surface area contributed by atoms with Gasteiger partial charge in [-0.1, -0.05) is 0 Å². The molecule has 1 aliphatic carbocycles. The molecule has 0 aromatic carbocycles. The van der Waals surface area contributed by atoms with Gasteiger partial charge in [0, 0.05) is 44.5 Å². The molecule has 0 bridgehead atoms. The lowest BCUT2D eigenvalue weighted by molar-refractivity contribution is -0.0766. The molecule has 0 spiro atoms. The quantitative estimate of drug-likeness (QED) is 0.888.